The second-order valence-corrected chi connectivity index (χ2v) is 7.83. The Bertz CT molecular complexity index is 1050. The van der Waals surface area contributed by atoms with Gasteiger partial charge in [-0.25, -0.2) is 0 Å². The van der Waals surface area contributed by atoms with Gasteiger partial charge in [-0.3, -0.25) is 14.6 Å². The number of carbonyl (C=O) groups is 2. The zero-order chi connectivity index (χ0) is 22.2. The first-order valence-corrected chi connectivity index (χ1v) is 10.7. The van der Waals surface area contributed by atoms with Crippen LogP contribution in [0.3, 0.4) is 0 Å². The molecule has 5 nitrogen and oxygen atoms in total. The fraction of sp³-hybridized carbons (Fsp3) is 0.269. The number of benzene rings is 2. The van der Waals surface area contributed by atoms with Crippen LogP contribution in [0.25, 0.3) is 11.1 Å². The van der Waals surface area contributed by atoms with Gasteiger partial charge in [-0.15, -0.1) is 0 Å². The van der Waals surface area contributed by atoms with E-state index < -0.39 is 0 Å². The first-order valence-electron chi connectivity index (χ1n) is 10.7. The molecular weight excluding hydrogens is 386 g/mol. The van der Waals surface area contributed by atoms with E-state index in [2.05, 4.69) is 34.7 Å². The molecule has 160 valence electrons. The van der Waals surface area contributed by atoms with E-state index in [1.807, 2.05) is 62.4 Å². The molecule has 1 amide bonds. The maximum atomic E-state index is 12.7. The van der Waals surface area contributed by atoms with Gasteiger partial charge in [0.15, 0.2) is 5.78 Å². The molecule has 0 saturated heterocycles. The molecule has 3 aromatic rings. The number of amides is 1. The van der Waals surface area contributed by atoms with Gasteiger partial charge in [-0.2, -0.15) is 0 Å². The number of hydrogen-bond donors (Lipinski definition) is 2. The van der Waals surface area contributed by atoms with E-state index in [0.717, 1.165) is 23.1 Å². The highest BCUT2D eigenvalue weighted by Gasteiger charge is 2.19. The minimum absolute atomic E-state index is 0.0959. The predicted octanol–water partition coefficient (Wildman–Crippen LogP) is 4.88. The normalized spacial score (nSPS) is 10.8. The number of rotatable bonds is 9. The van der Waals surface area contributed by atoms with E-state index in [4.69, 9.17) is 0 Å². The number of nitrogens with zero attached hydrogens (tertiary/aromatic N) is 1. The number of nitrogens with one attached hydrogen (secondary N) is 2. The molecule has 1 heterocycles. The average molecular weight is 416 g/mol. The minimum Gasteiger partial charge on any atom is -0.323 e. The summed E-state index contributed by atoms with van der Waals surface area (Å²) in [5.74, 6) is -0.523. The van der Waals surface area contributed by atoms with Gasteiger partial charge >= 0.3 is 0 Å². The van der Waals surface area contributed by atoms with Crippen molar-refractivity contribution >= 4 is 17.4 Å². The molecule has 0 saturated carbocycles. The van der Waals surface area contributed by atoms with Gasteiger partial charge < -0.3 is 10.6 Å². The van der Waals surface area contributed by atoms with Crippen LogP contribution in [0.5, 0.6) is 0 Å². The average Bonchev–Trinajstić information content (AvgIpc) is 2.79. The van der Waals surface area contributed by atoms with Crippen molar-refractivity contribution in [2.75, 3.05) is 11.9 Å². The third-order valence-electron chi connectivity index (χ3n) is 5.05. The number of ketones is 1. The molecule has 0 radical (unpaired) electrons. The first-order chi connectivity index (χ1) is 15.0. The van der Waals surface area contributed by atoms with Crippen molar-refractivity contribution in [1.29, 1.82) is 0 Å². The zero-order valence-corrected chi connectivity index (χ0v) is 18.3. The minimum atomic E-state index is -0.214. The number of aromatic nitrogens is 1. The summed E-state index contributed by atoms with van der Waals surface area (Å²) in [5, 5.41) is 6.02. The summed E-state index contributed by atoms with van der Waals surface area (Å²) in [6, 6.07) is 19.9. The van der Waals surface area contributed by atoms with Crippen LogP contribution in [0.2, 0.25) is 0 Å². The summed E-state index contributed by atoms with van der Waals surface area (Å²) in [6.07, 6.45) is 2.63. The van der Waals surface area contributed by atoms with E-state index in [0.29, 0.717) is 17.9 Å². The number of aryl methyl sites for hydroxylation is 1. The van der Waals surface area contributed by atoms with Crippen molar-refractivity contribution in [3.8, 4) is 11.1 Å². The monoisotopic (exact) mass is 415 g/mol. The Morgan fingerprint density at radius 2 is 1.68 bits per heavy atom. The van der Waals surface area contributed by atoms with Crippen LogP contribution in [0.4, 0.5) is 5.69 Å². The summed E-state index contributed by atoms with van der Waals surface area (Å²) in [6.45, 7) is 6.50. The summed E-state index contributed by atoms with van der Waals surface area (Å²) < 4.78 is 0. The SMILES string of the molecule is CCc1cccc(-c2cnc(C(=O)C(C)C)c(NC(=O)CNCc3ccccc3)c2)c1. The van der Waals surface area contributed by atoms with Gasteiger partial charge in [0, 0.05) is 24.2 Å². The van der Waals surface area contributed by atoms with Crippen LogP contribution in [-0.4, -0.2) is 23.2 Å². The Morgan fingerprint density at radius 3 is 2.39 bits per heavy atom. The van der Waals surface area contributed by atoms with E-state index in [1.54, 1.807) is 6.20 Å². The summed E-state index contributed by atoms with van der Waals surface area (Å²) in [7, 11) is 0. The highest BCUT2D eigenvalue weighted by atomic mass is 16.2. The molecular formula is C26H29N3O2. The van der Waals surface area contributed by atoms with Crippen molar-refractivity contribution in [3.05, 3.63) is 83.7 Å². The van der Waals surface area contributed by atoms with Gasteiger partial charge in [-0.1, -0.05) is 75.4 Å². The smallest absolute Gasteiger partial charge is 0.238 e. The van der Waals surface area contributed by atoms with Crippen LogP contribution < -0.4 is 10.6 Å². The largest absolute Gasteiger partial charge is 0.323 e. The van der Waals surface area contributed by atoms with E-state index >= 15 is 0 Å². The molecule has 0 aliphatic carbocycles. The zero-order valence-electron chi connectivity index (χ0n) is 18.3. The number of hydrogen-bond acceptors (Lipinski definition) is 4. The lowest BCUT2D eigenvalue weighted by Gasteiger charge is -2.14. The molecule has 0 aliphatic rings. The second kappa shape index (κ2) is 10.6. The molecule has 3 rings (SSSR count). The topological polar surface area (TPSA) is 71.1 Å². The fourth-order valence-electron chi connectivity index (χ4n) is 3.27. The van der Waals surface area contributed by atoms with E-state index in [1.165, 1.54) is 5.56 Å². The number of carbonyl (C=O) groups excluding carboxylic acids is 2. The lowest BCUT2D eigenvalue weighted by atomic mass is 10.00. The Kier molecular flexibility index (Phi) is 7.68. The second-order valence-electron chi connectivity index (χ2n) is 7.83. The molecule has 0 aliphatic heterocycles. The molecule has 0 bridgehead atoms. The Labute approximate surface area is 183 Å². The molecule has 0 fully saturated rings. The molecule has 2 aromatic carbocycles. The number of Topliss-reactive ketones (excluding diaryl/α,β-unsaturated/α-hetero) is 1. The molecule has 31 heavy (non-hydrogen) atoms. The molecule has 0 atom stereocenters. The van der Waals surface area contributed by atoms with Crippen molar-refractivity contribution < 1.29 is 9.59 Å². The fourth-order valence-corrected chi connectivity index (χ4v) is 3.27. The van der Waals surface area contributed by atoms with E-state index in [-0.39, 0.29) is 24.2 Å². The predicted molar refractivity (Wildman–Crippen MR) is 125 cm³/mol. The van der Waals surface area contributed by atoms with Gasteiger partial charge in [0.05, 0.1) is 12.2 Å². The van der Waals surface area contributed by atoms with E-state index in [9.17, 15) is 9.59 Å². The maximum absolute atomic E-state index is 12.7. The standard InChI is InChI=1S/C26H29N3O2/c1-4-19-11-8-12-21(13-19)22-14-23(25(28-16-22)26(31)18(2)3)29-24(30)17-27-15-20-9-6-5-7-10-20/h5-14,16,18,27H,4,15,17H2,1-3H3,(H,29,30). The lowest BCUT2D eigenvalue weighted by molar-refractivity contribution is -0.115. The third kappa shape index (κ3) is 6.09. The molecule has 1 aromatic heterocycles. The molecule has 2 N–H and O–H groups in total. The van der Waals surface area contributed by atoms with Crippen LogP contribution in [0, 0.1) is 5.92 Å². The maximum Gasteiger partial charge on any atom is 0.238 e. The number of pyridine rings is 1. The van der Waals surface area contributed by atoms with Crippen LogP contribution in [0.15, 0.2) is 66.9 Å². The highest BCUT2D eigenvalue weighted by Crippen LogP contribution is 2.26. The quantitative estimate of drug-likeness (QED) is 0.489. The van der Waals surface area contributed by atoms with Crippen molar-refractivity contribution in [2.45, 2.75) is 33.7 Å². The summed E-state index contributed by atoms with van der Waals surface area (Å²) in [5.41, 5.74) is 4.93. The molecule has 0 unspecified atom stereocenters. The van der Waals surface area contributed by atoms with Gasteiger partial charge in [0.2, 0.25) is 5.91 Å². The van der Waals surface area contributed by atoms with Crippen molar-refractivity contribution in [3.63, 3.8) is 0 Å². The van der Waals surface area contributed by atoms with Crippen LogP contribution in [-0.2, 0) is 17.8 Å². The molecule has 0 spiro atoms. The highest BCUT2D eigenvalue weighted by molar-refractivity contribution is 6.05. The first kappa shape index (κ1) is 22.4. The summed E-state index contributed by atoms with van der Waals surface area (Å²) in [4.78, 5) is 29.7. The Morgan fingerprint density at radius 1 is 0.935 bits per heavy atom. The van der Waals surface area contributed by atoms with Crippen molar-refractivity contribution in [2.24, 2.45) is 5.92 Å². The summed E-state index contributed by atoms with van der Waals surface area (Å²) >= 11 is 0. The lowest BCUT2D eigenvalue weighted by Crippen LogP contribution is -2.28. The Balaban J connectivity index is 1.79. The van der Waals surface area contributed by atoms with Gasteiger partial charge in [0.1, 0.15) is 5.69 Å². The molecule has 5 heteroatoms. The number of anilines is 1. The Hall–Kier alpha value is -3.31. The third-order valence-corrected chi connectivity index (χ3v) is 5.05. The van der Waals surface area contributed by atoms with Crippen LogP contribution in [0.1, 0.15) is 42.4 Å². The van der Waals surface area contributed by atoms with Gasteiger partial charge in [-0.05, 0) is 29.2 Å². The van der Waals surface area contributed by atoms with Crippen LogP contribution >= 0.6 is 0 Å². The van der Waals surface area contributed by atoms with Gasteiger partial charge in [0.25, 0.3) is 0 Å². The van der Waals surface area contributed by atoms with Crippen molar-refractivity contribution in [1.82, 2.24) is 10.3 Å².